The van der Waals surface area contributed by atoms with Crippen LogP contribution in [0.4, 0.5) is 15.8 Å². The molecule has 0 saturated carbocycles. The van der Waals surface area contributed by atoms with Gasteiger partial charge in [0.25, 0.3) is 10.0 Å². The molecule has 4 rings (SSSR count). The van der Waals surface area contributed by atoms with Gasteiger partial charge >= 0.3 is 0 Å². The lowest BCUT2D eigenvalue weighted by Crippen LogP contribution is -2.28. The van der Waals surface area contributed by atoms with Crippen LogP contribution in [-0.4, -0.2) is 38.8 Å². The Balaban J connectivity index is 1.46. The molecule has 3 aromatic carbocycles. The van der Waals surface area contributed by atoms with E-state index in [0.29, 0.717) is 18.8 Å². The normalized spacial score (nSPS) is 15.7. The number of methoxy groups -OCH3 is 1. The van der Waals surface area contributed by atoms with Crippen LogP contribution in [0.25, 0.3) is 0 Å². The number of ether oxygens (including phenoxy) is 1. The third-order valence-corrected chi connectivity index (χ3v) is 7.02. The smallest absolute Gasteiger partial charge is 0.262 e. The first-order valence-corrected chi connectivity index (χ1v) is 12.3. The van der Waals surface area contributed by atoms with Gasteiger partial charge in [0.2, 0.25) is 11.8 Å². The van der Waals surface area contributed by atoms with E-state index in [4.69, 9.17) is 4.74 Å². The highest BCUT2D eigenvalue weighted by molar-refractivity contribution is 7.92. The predicted molar refractivity (Wildman–Crippen MR) is 129 cm³/mol. The minimum absolute atomic E-state index is 0.0961. The molecular formula is C25H24FN3O5S. The molecule has 1 heterocycles. The second kappa shape index (κ2) is 10.1. The van der Waals surface area contributed by atoms with Gasteiger partial charge in [-0.25, -0.2) is 12.8 Å². The number of benzene rings is 3. The van der Waals surface area contributed by atoms with Gasteiger partial charge in [0, 0.05) is 25.2 Å². The van der Waals surface area contributed by atoms with Gasteiger partial charge < -0.3 is 15.0 Å². The molecule has 8 nitrogen and oxygen atoms in total. The maximum absolute atomic E-state index is 13.2. The number of nitrogens with zero attached hydrogens (tertiary/aromatic N) is 1. The minimum atomic E-state index is -4.03. The van der Waals surface area contributed by atoms with Crippen molar-refractivity contribution in [2.24, 2.45) is 5.92 Å². The van der Waals surface area contributed by atoms with Gasteiger partial charge in [0.05, 0.1) is 23.6 Å². The Hall–Kier alpha value is -3.92. The van der Waals surface area contributed by atoms with Gasteiger partial charge in [-0.15, -0.1) is 0 Å². The lowest BCUT2D eigenvalue weighted by atomic mass is 10.1. The van der Waals surface area contributed by atoms with E-state index < -0.39 is 21.8 Å². The molecule has 0 spiro atoms. The number of hydrogen-bond donors (Lipinski definition) is 2. The summed E-state index contributed by atoms with van der Waals surface area (Å²) < 4.78 is 46.3. The van der Waals surface area contributed by atoms with Crippen LogP contribution in [-0.2, 0) is 26.2 Å². The van der Waals surface area contributed by atoms with Crippen LogP contribution in [0.1, 0.15) is 12.0 Å². The van der Waals surface area contributed by atoms with Crippen molar-refractivity contribution in [1.82, 2.24) is 4.90 Å². The lowest BCUT2D eigenvalue weighted by molar-refractivity contribution is -0.128. The zero-order valence-corrected chi connectivity index (χ0v) is 19.7. The van der Waals surface area contributed by atoms with Crippen molar-refractivity contribution in [2.45, 2.75) is 17.9 Å². The fraction of sp³-hybridized carbons (Fsp3) is 0.200. The monoisotopic (exact) mass is 497 g/mol. The molecule has 3 aromatic rings. The summed E-state index contributed by atoms with van der Waals surface area (Å²) in [5, 5.41) is 2.76. The fourth-order valence-electron chi connectivity index (χ4n) is 3.83. The SMILES string of the molecule is COc1ccc(NC(=O)[C@H]2CC(=O)N(Cc3ccccc3)C2)cc1NS(=O)(=O)c1ccc(F)cc1. The molecular weight excluding hydrogens is 473 g/mol. The standard InChI is InChI=1S/C25H24FN3O5S/c1-34-23-12-9-20(14-22(23)28-35(32,33)21-10-7-19(26)8-11-21)27-25(31)18-13-24(30)29(16-18)15-17-5-3-2-4-6-17/h2-12,14,18,28H,13,15-16H2,1H3,(H,27,31)/t18-/m0/s1. The number of carbonyl (C=O) groups is 2. The Kier molecular flexibility index (Phi) is 7.02. The molecule has 0 radical (unpaired) electrons. The number of carbonyl (C=O) groups excluding carboxylic acids is 2. The molecule has 1 aliphatic heterocycles. The highest BCUT2D eigenvalue weighted by atomic mass is 32.2. The van der Waals surface area contributed by atoms with Crippen molar-refractivity contribution < 1.29 is 27.1 Å². The molecule has 0 aliphatic carbocycles. The van der Waals surface area contributed by atoms with Gasteiger partial charge in [-0.05, 0) is 48.0 Å². The topological polar surface area (TPSA) is 105 Å². The number of hydrogen-bond acceptors (Lipinski definition) is 5. The van der Waals surface area contributed by atoms with Crippen LogP contribution in [0, 0.1) is 11.7 Å². The Morgan fingerprint density at radius 3 is 2.49 bits per heavy atom. The van der Waals surface area contributed by atoms with E-state index in [-0.39, 0.29) is 34.6 Å². The van der Waals surface area contributed by atoms with Crippen LogP contribution >= 0.6 is 0 Å². The maximum atomic E-state index is 13.2. The summed E-state index contributed by atoms with van der Waals surface area (Å²) >= 11 is 0. The second-order valence-electron chi connectivity index (χ2n) is 8.12. The molecule has 1 fully saturated rings. The van der Waals surface area contributed by atoms with E-state index in [9.17, 15) is 22.4 Å². The third kappa shape index (κ3) is 5.78. The molecule has 0 unspecified atom stereocenters. The fourth-order valence-corrected chi connectivity index (χ4v) is 4.89. The molecule has 1 saturated heterocycles. The number of sulfonamides is 1. The number of likely N-dealkylation sites (tertiary alicyclic amines) is 1. The van der Waals surface area contributed by atoms with E-state index >= 15 is 0 Å². The first kappa shape index (κ1) is 24.2. The van der Waals surface area contributed by atoms with E-state index in [1.807, 2.05) is 30.3 Å². The summed E-state index contributed by atoms with van der Waals surface area (Å²) in [6.45, 7) is 0.723. The summed E-state index contributed by atoms with van der Waals surface area (Å²) in [5.74, 6) is -1.30. The van der Waals surface area contributed by atoms with E-state index in [1.54, 1.807) is 11.0 Å². The molecule has 2 N–H and O–H groups in total. The van der Waals surface area contributed by atoms with Crippen LogP contribution in [0.15, 0.2) is 77.7 Å². The summed E-state index contributed by atoms with van der Waals surface area (Å²) in [4.78, 5) is 26.8. The molecule has 10 heteroatoms. The van der Waals surface area contributed by atoms with Crippen molar-refractivity contribution in [3.63, 3.8) is 0 Å². The largest absolute Gasteiger partial charge is 0.495 e. The number of nitrogens with one attached hydrogen (secondary N) is 2. The van der Waals surface area contributed by atoms with Crippen LogP contribution < -0.4 is 14.8 Å². The zero-order chi connectivity index (χ0) is 25.0. The molecule has 0 bridgehead atoms. The number of anilines is 2. The molecule has 1 aliphatic rings. The quantitative estimate of drug-likeness (QED) is 0.495. The minimum Gasteiger partial charge on any atom is -0.495 e. The van der Waals surface area contributed by atoms with E-state index in [0.717, 1.165) is 29.8 Å². The average Bonchev–Trinajstić information content (AvgIpc) is 3.20. The van der Waals surface area contributed by atoms with Gasteiger partial charge in [-0.3, -0.25) is 14.3 Å². The van der Waals surface area contributed by atoms with Crippen LogP contribution in [0.3, 0.4) is 0 Å². The highest BCUT2D eigenvalue weighted by Crippen LogP contribution is 2.31. The maximum Gasteiger partial charge on any atom is 0.262 e. The molecule has 1 atom stereocenters. The molecule has 0 aromatic heterocycles. The van der Waals surface area contributed by atoms with E-state index in [1.165, 1.54) is 19.2 Å². The number of amides is 2. The van der Waals surface area contributed by atoms with Crippen molar-refractivity contribution in [3.8, 4) is 5.75 Å². The van der Waals surface area contributed by atoms with Gasteiger partial charge in [0.15, 0.2) is 0 Å². The summed E-state index contributed by atoms with van der Waals surface area (Å²) in [6.07, 6.45) is 0.0961. The Morgan fingerprint density at radius 1 is 1.09 bits per heavy atom. The van der Waals surface area contributed by atoms with Gasteiger partial charge in [-0.1, -0.05) is 30.3 Å². The zero-order valence-electron chi connectivity index (χ0n) is 18.9. The first-order chi connectivity index (χ1) is 16.7. The number of rotatable bonds is 8. The van der Waals surface area contributed by atoms with Crippen molar-refractivity contribution in [1.29, 1.82) is 0 Å². The summed E-state index contributed by atoms with van der Waals surface area (Å²) in [5.41, 5.74) is 1.42. The summed E-state index contributed by atoms with van der Waals surface area (Å²) in [6, 6.07) is 18.4. The molecule has 35 heavy (non-hydrogen) atoms. The lowest BCUT2D eigenvalue weighted by Gasteiger charge is -2.17. The predicted octanol–water partition coefficient (Wildman–Crippen LogP) is 3.62. The molecule has 182 valence electrons. The van der Waals surface area contributed by atoms with Gasteiger partial charge in [-0.2, -0.15) is 0 Å². The molecule has 2 amide bonds. The van der Waals surface area contributed by atoms with E-state index in [2.05, 4.69) is 10.0 Å². The highest BCUT2D eigenvalue weighted by Gasteiger charge is 2.34. The first-order valence-electron chi connectivity index (χ1n) is 10.8. The number of halogens is 1. The summed E-state index contributed by atoms with van der Waals surface area (Å²) in [7, 11) is -2.64. The average molecular weight is 498 g/mol. The Bertz CT molecular complexity index is 1330. The Morgan fingerprint density at radius 2 is 1.80 bits per heavy atom. The Labute approximate surface area is 202 Å². The van der Waals surface area contributed by atoms with Crippen LogP contribution in [0.5, 0.6) is 5.75 Å². The van der Waals surface area contributed by atoms with Crippen molar-refractivity contribution in [3.05, 3.63) is 84.2 Å². The van der Waals surface area contributed by atoms with Gasteiger partial charge in [0.1, 0.15) is 11.6 Å². The van der Waals surface area contributed by atoms with Crippen LogP contribution in [0.2, 0.25) is 0 Å². The second-order valence-corrected chi connectivity index (χ2v) is 9.81. The third-order valence-electron chi connectivity index (χ3n) is 5.64. The van der Waals surface area contributed by atoms with Crippen molar-refractivity contribution in [2.75, 3.05) is 23.7 Å². The van der Waals surface area contributed by atoms with Crippen molar-refractivity contribution >= 4 is 33.2 Å².